The zero-order chi connectivity index (χ0) is 19.0. The largest absolute Gasteiger partial charge is 0.492 e. The van der Waals surface area contributed by atoms with E-state index in [1.807, 2.05) is 36.4 Å². The van der Waals surface area contributed by atoms with Crippen molar-refractivity contribution >= 4 is 53.9 Å². The highest BCUT2D eigenvalue weighted by molar-refractivity contribution is 6.38. The number of hydrogen-bond acceptors (Lipinski definition) is 3. The van der Waals surface area contributed by atoms with Gasteiger partial charge in [0.25, 0.3) is 5.43 Å². The molecule has 0 radical (unpaired) electrons. The molecule has 6 rings (SSSR count). The highest BCUT2D eigenvalue weighted by Crippen LogP contribution is 2.43. The van der Waals surface area contributed by atoms with Crippen molar-refractivity contribution < 1.29 is 4.74 Å². The maximum Gasteiger partial charge on any atom is 0.268 e. The van der Waals surface area contributed by atoms with Crippen LogP contribution < -0.4 is 15.6 Å². The van der Waals surface area contributed by atoms with Gasteiger partial charge in [0, 0.05) is 10.8 Å². The molecule has 0 aliphatic heterocycles. The van der Waals surface area contributed by atoms with Crippen LogP contribution in [-0.4, -0.2) is 7.11 Å². The molecule has 0 aliphatic carbocycles. The van der Waals surface area contributed by atoms with E-state index in [0.717, 1.165) is 48.5 Å². The van der Waals surface area contributed by atoms with Crippen LogP contribution in [0.5, 0.6) is 5.75 Å². The molecule has 0 saturated heterocycles. The maximum atomic E-state index is 13.2. The van der Waals surface area contributed by atoms with E-state index in [-0.39, 0.29) is 5.75 Å². The first-order chi connectivity index (χ1) is 13.7. The van der Waals surface area contributed by atoms with E-state index in [1.165, 1.54) is 7.11 Å². The summed E-state index contributed by atoms with van der Waals surface area (Å²) in [4.78, 5) is 25.9. The van der Waals surface area contributed by atoms with Gasteiger partial charge in [0.15, 0.2) is 5.75 Å². The average Bonchev–Trinajstić information content (AvgIpc) is 2.74. The Morgan fingerprint density at radius 1 is 0.571 bits per heavy atom. The van der Waals surface area contributed by atoms with Crippen LogP contribution in [0.3, 0.4) is 0 Å². The Morgan fingerprint density at radius 3 is 2.18 bits per heavy atom. The highest BCUT2D eigenvalue weighted by atomic mass is 16.5. The molecule has 0 unspecified atom stereocenters. The predicted molar refractivity (Wildman–Crippen MR) is 115 cm³/mol. The Hall–Kier alpha value is -3.72. The topological polar surface area (TPSA) is 43.4 Å². The van der Waals surface area contributed by atoms with Crippen molar-refractivity contribution in [1.82, 2.24) is 0 Å². The molecule has 0 saturated carbocycles. The van der Waals surface area contributed by atoms with E-state index in [1.54, 1.807) is 6.07 Å². The third kappa shape index (κ3) is 1.73. The number of ether oxygens (including phenoxy) is 1. The number of methoxy groups -OCH3 is 1. The summed E-state index contributed by atoms with van der Waals surface area (Å²) in [6.45, 7) is 0. The molecular formula is C25H14O3. The fourth-order valence-electron chi connectivity index (χ4n) is 4.65. The Balaban J connectivity index is 2.14. The van der Waals surface area contributed by atoms with Gasteiger partial charge in [-0.15, -0.1) is 0 Å². The summed E-state index contributed by atoms with van der Waals surface area (Å²) in [5, 5.41) is 9.47. The van der Waals surface area contributed by atoms with Crippen LogP contribution in [0, 0.1) is 0 Å². The fraction of sp³-hybridized carbons (Fsp3) is 0.0400. The van der Waals surface area contributed by atoms with E-state index in [4.69, 9.17) is 4.74 Å². The van der Waals surface area contributed by atoms with Gasteiger partial charge in [0.05, 0.1) is 7.11 Å². The number of rotatable bonds is 1. The molecule has 0 aromatic heterocycles. The second kappa shape index (κ2) is 5.17. The van der Waals surface area contributed by atoms with Crippen LogP contribution in [0.4, 0.5) is 0 Å². The van der Waals surface area contributed by atoms with Gasteiger partial charge in [-0.2, -0.15) is 0 Å². The van der Waals surface area contributed by atoms with Gasteiger partial charge in [-0.1, -0.05) is 54.6 Å². The van der Waals surface area contributed by atoms with E-state index >= 15 is 0 Å². The van der Waals surface area contributed by atoms with E-state index in [0.29, 0.717) is 5.39 Å². The summed E-state index contributed by atoms with van der Waals surface area (Å²) in [5.41, 5.74) is -1.09. The van der Waals surface area contributed by atoms with Gasteiger partial charge in [0.1, 0.15) is 0 Å². The predicted octanol–water partition coefficient (Wildman–Crippen LogP) is 5.06. The molecule has 0 amide bonds. The lowest BCUT2D eigenvalue weighted by molar-refractivity contribution is 0.411. The third-order valence-electron chi connectivity index (χ3n) is 5.83. The van der Waals surface area contributed by atoms with Crippen molar-refractivity contribution in [3.05, 3.63) is 87.2 Å². The van der Waals surface area contributed by atoms with Crippen LogP contribution >= 0.6 is 0 Å². The lowest BCUT2D eigenvalue weighted by Gasteiger charge is -2.16. The van der Waals surface area contributed by atoms with Crippen LogP contribution in [0.1, 0.15) is 0 Å². The van der Waals surface area contributed by atoms with Crippen molar-refractivity contribution in [3.63, 3.8) is 0 Å². The Bertz CT molecular complexity index is 1680. The zero-order valence-electron chi connectivity index (χ0n) is 15.1. The molecule has 0 atom stereocenters. The molecule has 0 spiro atoms. The summed E-state index contributed by atoms with van der Waals surface area (Å²) in [6, 6.07) is 22.2. The number of fused-ring (bicyclic) bond motifs is 5. The summed E-state index contributed by atoms with van der Waals surface area (Å²) in [6.07, 6.45) is 0. The number of hydrogen-bond donors (Lipinski definition) is 0. The summed E-state index contributed by atoms with van der Waals surface area (Å²) < 4.78 is 5.22. The van der Waals surface area contributed by atoms with Gasteiger partial charge >= 0.3 is 0 Å². The molecule has 0 bridgehead atoms. The van der Waals surface area contributed by atoms with E-state index < -0.39 is 10.9 Å². The molecule has 132 valence electrons. The quantitative estimate of drug-likeness (QED) is 0.233. The summed E-state index contributed by atoms with van der Waals surface area (Å²) in [5.74, 6) is 0.0941. The minimum Gasteiger partial charge on any atom is -0.492 e. The van der Waals surface area contributed by atoms with Crippen molar-refractivity contribution in [3.8, 4) is 5.75 Å². The van der Waals surface area contributed by atoms with Crippen LogP contribution in [-0.2, 0) is 0 Å². The molecule has 0 aliphatic rings. The second-order valence-corrected chi connectivity index (χ2v) is 7.20. The van der Waals surface area contributed by atoms with Gasteiger partial charge < -0.3 is 4.74 Å². The van der Waals surface area contributed by atoms with Gasteiger partial charge in [-0.25, -0.2) is 0 Å². The molecule has 0 N–H and O–H groups in total. The summed E-state index contributed by atoms with van der Waals surface area (Å²) >= 11 is 0. The molecule has 28 heavy (non-hydrogen) atoms. The van der Waals surface area contributed by atoms with Crippen LogP contribution in [0.15, 0.2) is 76.3 Å². The molecule has 6 aromatic carbocycles. The van der Waals surface area contributed by atoms with Crippen molar-refractivity contribution in [2.45, 2.75) is 0 Å². The monoisotopic (exact) mass is 362 g/mol. The average molecular weight is 362 g/mol. The first kappa shape index (κ1) is 15.3. The Morgan fingerprint density at radius 2 is 1.32 bits per heavy atom. The van der Waals surface area contributed by atoms with Crippen LogP contribution in [0.2, 0.25) is 0 Å². The smallest absolute Gasteiger partial charge is 0.268 e. The van der Waals surface area contributed by atoms with Crippen molar-refractivity contribution in [1.29, 1.82) is 0 Å². The van der Waals surface area contributed by atoms with E-state index in [9.17, 15) is 9.59 Å². The van der Waals surface area contributed by atoms with Gasteiger partial charge in [-0.05, 0) is 55.2 Å². The third-order valence-corrected chi connectivity index (χ3v) is 5.83. The standard InChI is InChI=1S/C25H14O3/c1-28-19-12-18-17-8-4-6-13-9-10-15-11-14-5-2-3-7-16(14)22(21(15)20(13)17)23(18)25(27)24(19)26/h2-12H,1H3. The van der Waals surface area contributed by atoms with Gasteiger partial charge in [0.2, 0.25) is 5.43 Å². The summed E-state index contributed by atoms with van der Waals surface area (Å²) in [7, 11) is 1.43. The van der Waals surface area contributed by atoms with E-state index in [2.05, 4.69) is 24.3 Å². The molecule has 3 nitrogen and oxygen atoms in total. The lowest BCUT2D eigenvalue weighted by atomic mass is 9.86. The minimum absolute atomic E-state index is 0.0941. The van der Waals surface area contributed by atoms with Crippen LogP contribution in [0.25, 0.3) is 53.9 Å². The van der Waals surface area contributed by atoms with Crippen molar-refractivity contribution in [2.24, 2.45) is 0 Å². The first-order valence-electron chi connectivity index (χ1n) is 9.16. The molecule has 0 heterocycles. The van der Waals surface area contributed by atoms with Gasteiger partial charge in [-0.3, -0.25) is 9.59 Å². The Kier molecular flexibility index (Phi) is 2.83. The zero-order valence-corrected chi connectivity index (χ0v) is 15.1. The SMILES string of the molecule is COc1cc2c3cccc4ccc5cc6ccccc6c(c2c(=O)c1=O)c5c43. The highest BCUT2D eigenvalue weighted by Gasteiger charge is 2.20. The number of benzene rings is 6. The molecule has 3 heteroatoms. The maximum absolute atomic E-state index is 13.2. The molecule has 0 fully saturated rings. The molecule has 6 aromatic rings. The van der Waals surface area contributed by atoms with Crippen molar-refractivity contribution in [2.75, 3.05) is 7.11 Å². The lowest BCUT2D eigenvalue weighted by Crippen LogP contribution is -2.25. The normalized spacial score (nSPS) is 12.0. The molecular weight excluding hydrogens is 348 g/mol. The Labute approximate surface area is 159 Å². The fourth-order valence-corrected chi connectivity index (χ4v) is 4.65. The second-order valence-electron chi connectivity index (χ2n) is 7.20. The first-order valence-corrected chi connectivity index (χ1v) is 9.16. The minimum atomic E-state index is -0.589.